The van der Waals surface area contributed by atoms with Crippen molar-refractivity contribution in [1.82, 2.24) is 0 Å². The lowest BCUT2D eigenvalue weighted by molar-refractivity contribution is -0.385. The Morgan fingerprint density at radius 1 is 0.600 bits per heavy atom. The van der Waals surface area contributed by atoms with Crippen LogP contribution in [-0.4, -0.2) is 9.85 Å². The SMILES string of the molecule is CC(=Cc1ccc(Oc2ccc([N+](=O)[O-])cc2)cc1)c1ccc(Oc2ccc([N+](=O)[O-])cc2)cc1. The van der Waals surface area contributed by atoms with Gasteiger partial charge in [0.15, 0.2) is 0 Å². The van der Waals surface area contributed by atoms with Crippen molar-refractivity contribution in [3.8, 4) is 23.0 Å². The first-order valence-electron chi connectivity index (χ1n) is 10.6. The number of nitro benzene ring substituents is 2. The van der Waals surface area contributed by atoms with Crippen molar-refractivity contribution < 1.29 is 19.3 Å². The van der Waals surface area contributed by atoms with Gasteiger partial charge in [0.1, 0.15) is 23.0 Å². The fraction of sp³-hybridized carbons (Fsp3) is 0.0370. The summed E-state index contributed by atoms with van der Waals surface area (Å²) < 4.78 is 11.5. The molecule has 8 nitrogen and oxygen atoms in total. The van der Waals surface area contributed by atoms with Crippen LogP contribution in [0.3, 0.4) is 0 Å². The molecule has 0 aliphatic heterocycles. The Bertz CT molecular complexity index is 1360. The number of nitro groups is 2. The number of rotatable bonds is 8. The molecule has 0 heterocycles. The third kappa shape index (κ3) is 6.08. The summed E-state index contributed by atoms with van der Waals surface area (Å²) >= 11 is 0. The van der Waals surface area contributed by atoms with E-state index in [0.29, 0.717) is 23.0 Å². The van der Waals surface area contributed by atoms with Crippen molar-refractivity contribution >= 4 is 23.0 Å². The topological polar surface area (TPSA) is 105 Å². The molecular formula is C27H20N2O6. The van der Waals surface area contributed by atoms with Crippen LogP contribution in [0.25, 0.3) is 11.6 Å². The molecule has 0 bridgehead atoms. The molecule has 0 atom stereocenters. The van der Waals surface area contributed by atoms with Crippen LogP contribution >= 0.6 is 0 Å². The zero-order valence-corrected chi connectivity index (χ0v) is 18.7. The van der Waals surface area contributed by atoms with Crippen LogP contribution in [0.4, 0.5) is 11.4 Å². The molecule has 0 saturated heterocycles. The number of benzene rings is 4. The van der Waals surface area contributed by atoms with E-state index < -0.39 is 9.85 Å². The van der Waals surface area contributed by atoms with Crippen molar-refractivity contribution in [2.24, 2.45) is 0 Å². The standard InChI is InChI=1S/C27H20N2O6/c1-19(21-4-12-25(13-5-21)35-27-16-8-23(9-17-27)29(32)33)18-20-2-10-24(11-3-20)34-26-14-6-22(7-15-26)28(30)31/h2-18H,1H3. The van der Waals surface area contributed by atoms with Gasteiger partial charge in [0.05, 0.1) is 9.85 Å². The van der Waals surface area contributed by atoms with E-state index in [1.807, 2.05) is 61.5 Å². The minimum absolute atomic E-state index is 0.0132. The second-order valence-corrected chi connectivity index (χ2v) is 7.63. The maximum atomic E-state index is 10.8. The van der Waals surface area contributed by atoms with E-state index in [4.69, 9.17) is 9.47 Å². The van der Waals surface area contributed by atoms with Crippen LogP contribution in [0, 0.1) is 20.2 Å². The molecule has 4 aromatic carbocycles. The van der Waals surface area contributed by atoms with Gasteiger partial charge >= 0.3 is 0 Å². The monoisotopic (exact) mass is 468 g/mol. The lowest BCUT2D eigenvalue weighted by Crippen LogP contribution is -1.89. The number of non-ortho nitro benzene ring substituents is 2. The molecular weight excluding hydrogens is 448 g/mol. The van der Waals surface area contributed by atoms with Gasteiger partial charge in [0.25, 0.3) is 11.4 Å². The Labute approximate surface area is 201 Å². The third-order valence-electron chi connectivity index (χ3n) is 5.14. The predicted octanol–water partition coefficient (Wildman–Crippen LogP) is 7.65. The van der Waals surface area contributed by atoms with Crippen LogP contribution in [0.1, 0.15) is 18.1 Å². The minimum Gasteiger partial charge on any atom is -0.457 e. The normalized spacial score (nSPS) is 11.1. The molecule has 35 heavy (non-hydrogen) atoms. The highest BCUT2D eigenvalue weighted by molar-refractivity contribution is 5.80. The van der Waals surface area contributed by atoms with Crippen LogP contribution in [-0.2, 0) is 0 Å². The molecule has 0 amide bonds. The number of hydrogen-bond donors (Lipinski definition) is 0. The smallest absolute Gasteiger partial charge is 0.269 e. The molecule has 0 aromatic heterocycles. The van der Waals surface area contributed by atoms with Crippen LogP contribution < -0.4 is 9.47 Å². The van der Waals surface area contributed by atoms with Gasteiger partial charge in [-0.05, 0) is 72.2 Å². The van der Waals surface area contributed by atoms with E-state index in [0.717, 1.165) is 16.7 Å². The molecule has 4 aromatic rings. The molecule has 174 valence electrons. The van der Waals surface area contributed by atoms with Crippen molar-refractivity contribution in [2.75, 3.05) is 0 Å². The zero-order valence-electron chi connectivity index (χ0n) is 18.7. The summed E-state index contributed by atoms with van der Waals surface area (Å²) in [6.07, 6.45) is 2.04. The van der Waals surface area contributed by atoms with Crippen molar-refractivity contribution in [3.05, 3.63) is 128 Å². The summed E-state index contributed by atoms with van der Waals surface area (Å²) in [5.74, 6) is 2.29. The zero-order chi connectivity index (χ0) is 24.8. The van der Waals surface area contributed by atoms with Gasteiger partial charge in [0, 0.05) is 24.3 Å². The van der Waals surface area contributed by atoms with Crippen molar-refractivity contribution in [3.63, 3.8) is 0 Å². The lowest BCUT2D eigenvalue weighted by atomic mass is 10.0. The van der Waals surface area contributed by atoms with E-state index in [9.17, 15) is 20.2 Å². The molecule has 8 heteroatoms. The lowest BCUT2D eigenvalue weighted by Gasteiger charge is -2.08. The Morgan fingerprint density at radius 2 is 0.943 bits per heavy atom. The average Bonchev–Trinajstić information content (AvgIpc) is 2.86. The summed E-state index contributed by atoms with van der Waals surface area (Å²) in [5, 5.41) is 21.5. The molecule has 0 aliphatic carbocycles. The number of nitrogens with zero attached hydrogens (tertiary/aromatic N) is 2. The van der Waals surface area contributed by atoms with E-state index in [1.165, 1.54) is 24.3 Å². The molecule has 0 radical (unpaired) electrons. The Kier molecular flexibility index (Phi) is 6.83. The fourth-order valence-corrected chi connectivity index (χ4v) is 3.30. The predicted molar refractivity (Wildman–Crippen MR) is 133 cm³/mol. The minimum atomic E-state index is -0.452. The van der Waals surface area contributed by atoms with Crippen LogP contribution in [0.5, 0.6) is 23.0 Å². The maximum absolute atomic E-state index is 10.8. The van der Waals surface area contributed by atoms with Gasteiger partial charge in [0.2, 0.25) is 0 Å². The highest BCUT2D eigenvalue weighted by Gasteiger charge is 2.07. The molecule has 0 spiro atoms. The fourth-order valence-electron chi connectivity index (χ4n) is 3.30. The highest BCUT2D eigenvalue weighted by atomic mass is 16.6. The summed E-state index contributed by atoms with van der Waals surface area (Å²) in [5.41, 5.74) is 3.09. The molecule has 4 rings (SSSR count). The third-order valence-corrected chi connectivity index (χ3v) is 5.14. The van der Waals surface area contributed by atoms with Gasteiger partial charge in [-0.15, -0.1) is 0 Å². The number of ether oxygens (including phenoxy) is 2. The molecule has 0 unspecified atom stereocenters. The first kappa shape index (κ1) is 23.2. The Hall–Kier alpha value is -4.98. The van der Waals surface area contributed by atoms with Crippen molar-refractivity contribution in [2.45, 2.75) is 6.92 Å². The van der Waals surface area contributed by atoms with Crippen LogP contribution in [0.2, 0.25) is 0 Å². The first-order valence-corrected chi connectivity index (χ1v) is 10.6. The summed E-state index contributed by atoms with van der Waals surface area (Å²) in [7, 11) is 0. The van der Waals surface area contributed by atoms with E-state index in [2.05, 4.69) is 0 Å². The number of allylic oxidation sites excluding steroid dienone is 1. The summed E-state index contributed by atoms with van der Waals surface area (Å²) in [6, 6.07) is 26.9. The van der Waals surface area contributed by atoms with Crippen molar-refractivity contribution in [1.29, 1.82) is 0 Å². The average molecular weight is 468 g/mol. The quantitative estimate of drug-likeness (QED) is 0.149. The second kappa shape index (κ2) is 10.3. The Balaban J connectivity index is 1.38. The molecule has 0 aliphatic rings. The van der Waals surface area contributed by atoms with Crippen LogP contribution in [0.15, 0.2) is 97.1 Å². The van der Waals surface area contributed by atoms with Gasteiger partial charge in [-0.3, -0.25) is 20.2 Å². The second-order valence-electron chi connectivity index (χ2n) is 7.63. The van der Waals surface area contributed by atoms with Gasteiger partial charge in [-0.25, -0.2) is 0 Å². The number of hydrogen-bond acceptors (Lipinski definition) is 6. The first-order chi connectivity index (χ1) is 16.9. The van der Waals surface area contributed by atoms with E-state index >= 15 is 0 Å². The van der Waals surface area contributed by atoms with Gasteiger partial charge < -0.3 is 9.47 Å². The molecule has 0 N–H and O–H groups in total. The van der Waals surface area contributed by atoms with E-state index in [1.54, 1.807) is 24.3 Å². The summed E-state index contributed by atoms with van der Waals surface area (Å²) in [4.78, 5) is 20.6. The molecule has 0 saturated carbocycles. The Morgan fingerprint density at radius 3 is 1.31 bits per heavy atom. The van der Waals surface area contributed by atoms with E-state index in [-0.39, 0.29) is 11.4 Å². The van der Waals surface area contributed by atoms with Gasteiger partial charge in [-0.1, -0.05) is 30.3 Å². The summed E-state index contributed by atoms with van der Waals surface area (Å²) in [6.45, 7) is 2.01. The highest BCUT2D eigenvalue weighted by Crippen LogP contribution is 2.28. The maximum Gasteiger partial charge on any atom is 0.269 e. The van der Waals surface area contributed by atoms with Gasteiger partial charge in [-0.2, -0.15) is 0 Å². The largest absolute Gasteiger partial charge is 0.457 e. The molecule has 0 fully saturated rings.